The molecule has 0 aliphatic heterocycles. The second-order valence-electron chi connectivity index (χ2n) is 6.65. The molecule has 0 bridgehead atoms. The number of nitrogens with zero attached hydrogens (tertiary/aromatic N) is 1. The SMILES string of the molecule is CC(O)C#Cc1ccccc1C(=O)N(CC(=O)c1ccccc1)c1ccc(Cl)cc1. The molecule has 1 N–H and O–H groups in total. The summed E-state index contributed by atoms with van der Waals surface area (Å²) in [6.45, 7) is 1.42. The van der Waals surface area contributed by atoms with Crippen LogP contribution in [0.5, 0.6) is 0 Å². The lowest BCUT2D eigenvalue weighted by Gasteiger charge is -2.23. The van der Waals surface area contributed by atoms with E-state index in [9.17, 15) is 14.7 Å². The zero-order valence-corrected chi connectivity index (χ0v) is 17.1. The molecular formula is C25H20ClNO3. The lowest BCUT2D eigenvalue weighted by Crippen LogP contribution is -2.36. The molecule has 5 heteroatoms. The summed E-state index contributed by atoms with van der Waals surface area (Å²) in [5.41, 5.74) is 1.90. The zero-order chi connectivity index (χ0) is 21.5. The number of hydrogen-bond acceptors (Lipinski definition) is 3. The monoisotopic (exact) mass is 417 g/mol. The van der Waals surface area contributed by atoms with Gasteiger partial charge in [-0.2, -0.15) is 0 Å². The fourth-order valence-corrected chi connectivity index (χ4v) is 2.99. The predicted octanol–water partition coefficient (Wildman–Crippen LogP) is 4.60. The first-order valence-electron chi connectivity index (χ1n) is 9.40. The number of carbonyl (C=O) groups is 2. The Morgan fingerprint density at radius 1 is 0.967 bits per heavy atom. The fraction of sp³-hybridized carbons (Fsp3) is 0.120. The van der Waals surface area contributed by atoms with Crippen molar-refractivity contribution in [3.63, 3.8) is 0 Å². The van der Waals surface area contributed by atoms with Crippen LogP contribution in [-0.4, -0.2) is 29.4 Å². The molecule has 1 atom stereocenters. The number of halogens is 1. The van der Waals surface area contributed by atoms with Gasteiger partial charge in [-0.15, -0.1) is 0 Å². The molecule has 0 aliphatic rings. The van der Waals surface area contributed by atoms with E-state index in [1.807, 2.05) is 6.07 Å². The van der Waals surface area contributed by atoms with Gasteiger partial charge in [-0.05, 0) is 43.3 Å². The molecule has 3 aromatic rings. The fourth-order valence-electron chi connectivity index (χ4n) is 2.87. The maximum absolute atomic E-state index is 13.5. The van der Waals surface area contributed by atoms with Crippen LogP contribution in [0, 0.1) is 11.8 Å². The topological polar surface area (TPSA) is 57.6 Å². The van der Waals surface area contributed by atoms with Crippen LogP contribution in [0.25, 0.3) is 0 Å². The number of Topliss-reactive ketones (excluding diaryl/α,β-unsaturated/α-hetero) is 1. The van der Waals surface area contributed by atoms with E-state index in [4.69, 9.17) is 11.6 Å². The average Bonchev–Trinajstić information content (AvgIpc) is 2.77. The van der Waals surface area contributed by atoms with Gasteiger partial charge in [0, 0.05) is 21.8 Å². The van der Waals surface area contributed by atoms with Gasteiger partial charge in [0.15, 0.2) is 5.78 Å². The van der Waals surface area contributed by atoms with E-state index in [-0.39, 0.29) is 18.2 Å². The summed E-state index contributed by atoms with van der Waals surface area (Å²) in [7, 11) is 0. The van der Waals surface area contributed by atoms with Crippen LogP contribution < -0.4 is 4.90 Å². The van der Waals surface area contributed by atoms with Crippen LogP contribution in [0.3, 0.4) is 0 Å². The van der Waals surface area contributed by atoms with Gasteiger partial charge in [-0.3, -0.25) is 9.59 Å². The Morgan fingerprint density at radius 3 is 2.27 bits per heavy atom. The summed E-state index contributed by atoms with van der Waals surface area (Å²) in [5.74, 6) is 4.95. The summed E-state index contributed by atoms with van der Waals surface area (Å²) >= 11 is 6.00. The van der Waals surface area contributed by atoms with Crippen molar-refractivity contribution in [1.82, 2.24) is 0 Å². The third-order valence-corrected chi connectivity index (χ3v) is 4.61. The van der Waals surface area contributed by atoms with Gasteiger partial charge in [-0.25, -0.2) is 0 Å². The second-order valence-corrected chi connectivity index (χ2v) is 7.08. The number of ketones is 1. The minimum absolute atomic E-state index is 0.136. The number of amides is 1. The molecule has 0 aliphatic carbocycles. The third-order valence-electron chi connectivity index (χ3n) is 4.35. The average molecular weight is 418 g/mol. The maximum atomic E-state index is 13.5. The number of carbonyl (C=O) groups excluding carboxylic acids is 2. The molecule has 1 amide bonds. The van der Waals surface area contributed by atoms with E-state index < -0.39 is 6.10 Å². The molecule has 30 heavy (non-hydrogen) atoms. The van der Waals surface area contributed by atoms with Crippen LogP contribution in [0.2, 0.25) is 5.02 Å². The Balaban J connectivity index is 2.00. The van der Waals surface area contributed by atoms with Crippen molar-refractivity contribution >= 4 is 29.0 Å². The Bertz CT molecular complexity index is 1100. The first-order chi connectivity index (χ1) is 14.5. The number of anilines is 1. The summed E-state index contributed by atoms with van der Waals surface area (Å²) in [5, 5.41) is 10.0. The van der Waals surface area contributed by atoms with Crippen LogP contribution >= 0.6 is 11.6 Å². The van der Waals surface area contributed by atoms with Gasteiger partial charge >= 0.3 is 0 Å². The van der Waals surface area contributed by atoms with Crippen LogP contribution in [0.15, 0.2) is 78.9 Å². The molecule has 0 heterocycles. The van der Waals surface area contributed by atoms with Crippen molar-refractivity contribution < 1.29 is 14.7 Å². The number of hydrogen-bond donors (Lipinski definition) is 1. The largest absolute Gasteiger partial charge is 0.381 e. The summed E-state index contributed by atoms with van der Waals surface area (Å²) in [6, 6.07) is 22.4. The second kappa shape index (κ2) is 9.89. The minimum atomic E-state index is -0.819. The smallest absolute Gasteiger partial charge is 0.259 e. The standard InChI is InChI=1S/C25H20ClNO3/c1-18(28)11-12-19-7-5-6-10-23(19)25(30)27(22-15-13-21(26)14-16-22)17-24(29)20-8-3-2-4-9-20/h2-10,13-16,18,28H,17H2,1H3. The molecule has 3 rings (SSSR count). The molecule has 0 saturated heterocycles. The van der Waals surface area contributed by atoms with Crippen molar-refractivity contribution in [2.75, 3.05) is 11.4 Å². The van der Waals surface area contributed by atoms with Crippen molar-refractivity contribution in [3.8, 4) is 11.8 Å². The van der Waals surface area contributed by atoms with Gasteiger partial charge < -0.3 is 10.0 Å². The summed E-state index contributed by atoms with van der Waals surface area (Å²) < 4.78 is 0. The number of aliphatic hydroxyl groups is 1. The van der Waals surface area contributed by atoms with Crippen LogP contribution in [-0.2, 0) is 0 Å². The van der Waals surface area contributed by atoms with Gasteiger partial charge in [0.2, 0.25) is 0 Å². The zero-order valence-electron chi connectivity index (χ0n) is 16.4. The highest BCUT2D eigenvalue weighted by molar-refractivity contribution is 6.30. The first kappa shape index (κ1) is 21.3. The van der Waals surface area contributed by atoms with E-state index in [1.165, 1.54) is 4.90 Å². The van der Waals surface area contributed by atoms with E-state index in [0.29, 0.717) is 27.4 Å². The normalized spacial score (nSPS) is 11.2. The summed E-state index contributed by atoms with van der Waals surface area (Å²) in [6.07, 6.45) is -0.819. The van der Waals surface area contributed by atoms with Crippen molar-refractivity contribution in [1.29, 1.82) is 0 Å². The minimum Gasteiger partial charge on any atom is -0.381 e. The van der Waals surface area contributed by atoms with Crippen LogP contribution in [0.4, 0.5) is 5.69 Å². The molecule has 4 nitrogen and oxygen atoms in total. The van der Waals surface area contributed by atoms with E-state index >= 15 is 0 Å². The molecular weight excluding hydrogens is 398 g/mol. The Morgan fingerprint density at radius 2 is 1.60 bits per heavy atom. The molecule has 150 valence electrons. The Kier molecular flexibility index (Phi) is 7.03. The van der Waals surface area contributed by atoms with Gasteiger partial charge in [0.05, 0.1) is 12.1 Å². The molecule has 0 radical (unpaired) electrons. The lowest BCUT2D eigenvalue weighted by atomic mass is 10.0. The van der Waals surface area contributed by atoms with Crippen LogP contribution in [0.1, 0.15) is 33.2 Å². The Hall–Kier alpha value is -3.39. The van der Waals surface area contributed by atoms with E-state index in [2.05, 4.69) is 11.8 Å². The van der Waals surface area contributed by atoms with Gasteiger partial charge in [0.25, 0.3) is 5.91 Å². The van der Waals surface area contributed by atoms with Crippen molar-refractivity contribution in [2.45, 2.75) is 13.0 Å². The van der Waals surface area contributed by atoms with Gasteiger partial charge in [-0.1, -0.05) is 65.9 Å². The highest BCUT2D eigenvalue weighted by atomic mass is 35.5. The Labute approximate surface area is 180 Å². The third kappa shape index (κ3) is 5.36. The van der Waals surface area contributed by atoms with Crippen molar-refractivity contribution in [3.05, 3.63) is 101 Å². The highest BCUT2D eigenvalue weighted by Gasteiger charge is 2.23. The number of aliphatic hydroxyl groups excluding tert-OH is 1. The van der Waals surface area contributed by atoms with E-state index in [0.717, 1.165) is 0 Å². The highest BCUT2D eigenvalue weighted by Crippen LogP contribution is 2.22. The molecule has 0 spiro atoms. The summed E-state index contributed by atoms with van der Waals surface area (Å²) in [4.78, 5) is 27.7. The number of benzene rings is 3. The molecule has 0 aromatic heterocycles. The first-order valence-corrected chi connectivity index (χ1v) is 9.78. The molecule has 0 saturated carbocycles. The number of rotatable bonds is 5. The maximum Gasteiger partial charge on any atom is 0.259 e. The molecule has 1 unspecified atom stereocenters. The molecule has 3 aromatic carbocycles. The lowest BCUT2D eigenvalue weighted by molar-refractivity contribution is 0.0936. The van der Waals surface area contributed by atoms with Gasteiger partial charge in [0.1, 0.15) is 6.10 Å². The van der Waals surface area contributed by atoms with Crippen molar-refractivity contribution in [2.24, 2.45) is 0 Å². The molecule has 0 fully saturated rings. The quantitative estimate of drug-likeness (QED) is 0.487. The van der Waals surface area contributed by atoms with E-state index in [1.54, 1.807) is 79.7 Å². The predicted molar refractivity (Wildman–Crippen MR) is 119 cm³/mol.